The zero-order chi connectivity index (χ0) is 12.3. The molecule has 0 aromatic rings. The Morgan fingerprint density at radius 2 is 2.29 bits per heavy atom. The van der Waals surface area contributed by atoms with Gasteiger partial charge < -0.3 is 0 Å². The van der Waals surface area contributed by atoms with Crippen LogP contribution in [0.1, 0.15) is 26.2 Å². The van der Waals surface area contributed by atoms with Crippen LogP contribution in [0.25, 0.3) is 0 Å². The Morgan fingerprint density at radius 1 is 1.47 bits per heavy atom. The number of allylic oxidation sites excluding steroid dienone is 4. The fourth-order valence-electron chi connectivity index (χ4n) is 1.89. The maximum absolute atomic E-state index is 11.7. The third kappa shape index (κ3) is 2.60. The number of carbonyl (C=O) groups is 2. The summed E-state index contributed by atoms with van der Waals surface area (Å²) in [6, 6.07) is 0. The second-order valence-corrected chi connectivity index (χ2v) is 4.07. The lowest BCUT2D eigenvalue weighted by Crippen LogP contribution is -2.41. The smallest absolute Gasteiger partial charge is 0.234 e. The average molecular weight is 230 g/mol. The molecule has 0 aromatic heterocycles. The van der Waals surface area contributed by atoms with Crippen molar-refractivity contribution in [3.63, 3.8) is 0 Å². The lowest BCUT2D eigenvalue weighted by Gasteiger charge is -2.21. The molecular formula is C13H14N2O2. The van der Waals surface area contributed by atoms with E-state index < -0.39 is 0 Å². The molecule has 2 amide bonds. The Bertz CT molecular complexity index is 480. The summed E-state index contributed by atoms with van der Waals surface area (Å²) in [5.41, 5.74) is 1.80. The van der Waals surface area contributed by atoms with Crippen LogP contribution in [-0.2, 0) is 9.59 Å². The molecule has 4 heteroatoms. The average Bonchev–Trinajstić information content (AvgIpc) is 2.54. The molecular weight excluding hydrogens is 216 g/mol. The van der Waals surface area contributed by atoms with E-state index in [0.717, 1.165) is 17.7 Å². The molecule has 0 aromatic carbocycles. The molecule has 2 heterocycles. The van der Waals surface area contributed by atoms with Crippen molar-refractivity contribution >= 4 is 17.7 Å². The highest BCUT2D eigenvalue weighted by atomic mass is 16.2. The summed E-state index contributed by atoms with van der Waals surface area (Å²) in [4.78, 5) is 26.9. The normalized spacial score (nSPS) is 23.9. The standard InChI is InChI=1S/C13H14N2O2/c1-2-10-4-3-9(7-8-14-10)11-5-6-12(16)15-13(11)17/h3-4,7,11H,2,5-6H2,1H3,(H,15,16,17). The maximum atomic E-state index is 11.7. The lowest BCUT2D eigenvalue weighted by molar-refractivity contribution is -0.135. The summed E-state index contributed by atoms with van der Waals surface area (Å²) in [7, 11) is 0. The van der Waals surface area contributed by atoms with Gasteiger partial charge in [-0.25, -0.2) is 4.99 Å². The van der Waals surface area contributed by atoms with Crippen molar-refractivity contribution in [1.29, 1.82) is 0 Å². The molecule has 1 atom stereocenters. The monoisotopic (exact) mass is 230 g/mol. The Labute approximate surface area is 99.8 Å². The van der Waals surface area contributed by atoms with E-state index >= 15 is 0 Å². The maximum Gasteiger partial charge on any atom is 0.234 e. The molecule has 4 nitrogen and oxygen atoms in total. The minimum Gasteiger partial charge on any atom is -0.296 e. The first-order valence-electron chi connectivity index (χ1n) is 5.74. The van der Waals surface area contributed by atoms with Crippen molar-refractivity contribution in [3.05, 3.63) is 29.5 Å². The van der Waals surface area contributed by atoms with Gasteiger partial charge in [-0.15, -0.1) is 0 Å². The van der Waals surface area contributed by atoms with Gasteiger partial charge in [0, 0.05) is 12.5 Å². The first-order chi connectivity index (χ1) is 8.20. The van der Waals surface area contributed by atoms with E-state index in [2.05, 4.69) is 16.2 Å². The Hall–Kier alpha value is -1.93. The fourth-order valence-corrected chi connectivity index (χ4v) is 1.89. The number of hydrogen-bond donors (Lipinski definition) is 1. The SMILES string of the molecule is CCC1=CC=C(C2CCC(=O)NC2=O)C=C=N1. The van der Waals surface area contributed by atoms with Crippen LogP contribution in [0.5, 0.6) is 0 Å². The van der Waals surface area contributed by atoms with Crippen molar-refractivity contribution < 1.29 is 9.59 Å². The van der Waals surface area contributed by atoms with Gasteiger partial charge in [0.2, 0.25) is 11.8 Å². The summed E-state index contributed by atoms with van der Waals surface area (Å²) in [6.45, 7) is 2.02. The third-order valence-corrected chi connectivity index (χ3v) is 2.91. The second kappa shape index (κ2) is 4.93. The second-order valence-electron chi connectivity index (χ2n) is 4.07. The summed E-state index contributed by atoms with van der Waals surface area (Å²) in [5, 5.41) is 2.35. The van der Waals surface area contributed by atoms with Gasteiger partial charge in [0.25, 0.3) is 0 Å². The lowest BCUT2D eigenvalue weighted by atomic mass is 9.90. The topological polar surface area (TPSA) is 58.5 Å². The Morgan fingerprint density at radius 3 is 3.00 bits per heavy atom. The Kier molecular flexibility index (Phi) is 3.35. The predicted octanol–water partition coefficient (Wildman–Crippen LogP) is 1.50. The van der Waals surface area contributed by atoms with Crippen molar-refractivity contribution in [2.24, 2.45) is 10.9 Å². The highest BCUT2D eigenvalue weighted by Crippen LogP contribution is 2.23. The largest absolute Gasteiger partial charge is 0.296 e. The highest BCUT2D eigenvalue weighted by Gasteiger charge is 2.28. The number of carbonyl (C=O) groups excluding carboxylic acids is 2. The van der Waals surface area contributed by atoms with Gasteiger partial charge in [0.1, 0.15) is 0 Å². The molecule has 1 unspecified atom stereocenters. The number of hydrogen-bond acceptors (Lipinski definition) is 3. The van der Waals surface area contributed by atoms with Crippen molar-refractivity contribution in [2.45, 2.75) is 26.2 Å². The predicted molar refractivity (Wildman–Crippen MR) is 64.3 cm³/mol. The molecule has 2 rings (SSSR count). The molecule has 0 spiro atoms. The number of imide groups is 1. The van der Waals surface area contributed by atoms with E-state index in [1.54, 1.807) is 6.08 Å². The van der Waals surface area contributed by atoms with Crippen LogP contribution in [0.15, 0.2) is 34.5 Å². The van der Waals surface area contributed by atoms with E-state index in [0.29, 0.717) is 12.8 Å². The molecule has 0 radical (unpaired) electrons. The summed E-state index contributed by atoms with van der Waals surface area (Å²) >= 11 is 0. The van der Waals surface area contributed by atoms with Crippen molar-refractivity contribution in [1.82, 2.24) is 5.32 Å². The molecule has 2 aliphatic heterocycles. The number of amides is 2. The van der Waals surface area contributed by atoms with Gasteiger partial charge in [-0.3, -0.25) is 14.9 Å². The highest BCUT2D eigenvalue weighted by molar-refractivity contribution is 6.00. The van der Waals surface area contributed by atoms with Gasteiger partial charge in [-0.05, 0) is 30.4 Å². The molecule has 0 aliphatic carbocycles. The molecule has 0 bridgehead atoms. The van der Waals surface area contributed by atoms with Crippen LogP contribution in [-0.4, -0.2) is 17.7 Å². The summed E-state index contributed by atoms with van der Waals surface area (Å²) in [6.07, 6.45) is 7.30. The summed E-state index contributed by atoms with van der Waals surface area (Å²) in [5.74, 6) is 2.15. The number of aliphatic imine (C=N–C) groups is 1. The van der Waals surface area contributed by atoms with E-state index in [1.807, 2.05) is 19.1 Å². The molecule has 1 fully saturated rings. The number of rotatable bonds is 2. The van der Waals surface area contributed by atoms with Gasteiger partial charge >= 0.3 is 0 Å². The molecule has 0 saturated carbocycles. The zero-order valence-corrected chi connectivity index (χ0v) is 9.69. The van der Waals surface area contributed by atoms with Crippen LogP contribution in [0.2, 0.25) is 0 Å². The number of nitrogens with zero attached hydrogens (tertiary/aromatic N) is 1. The minimum atomic E-state index is -0.261. The summed E-state index contributed by atoms with van der Waals surface area (Å²) < 4.78 is 0. The van der Waals surface area contributed by atoms with E-state index in [1.165, 1.54) is 0 Å². The number of piperidine rings is 1. The number of nitrogens with one attached hydrogen (secondary N) is 1. The van der Waals surface area contributed by atoms with E-state index in [-0.39, 0.29) is 17.7 Å². The van der Waals surface area contributed by atoms with Gasteiger partial charge in [0.05, 0.1) is 11.6 Å². The first kappa shape index (κ1) is 11.6. The van der Waals surface area contributed by atoms with Crippen LogP contribution in [0, 0.1) is 5.92 Å². The molecule has 2 aliphatic rings. The van der Waals surface area contributed by atoms with E-state index in [9.17, 15) is 9.59 Å². The molecule has 1 saturated heterocycles. The van der Waals surface area contributed by atoms with E-state index in [4.69, 9.17) is 0 Å². The Balaban J connectivity index is 2.21. The van der Waals surface area contributed by atoms with Crippen LogP contribution < -0.4 is 5.32 Å². The molecule has 88 valence electrons. The zero-order valence-electron chi connectivity index (χ0n) is 9.69. The third-order valence-electron chi connectivity index (χ3n) is 2.91. The van der Waals surface area contributed by atoms with Crippen molar-refractivity contribution in [3.8, 4) is 0 Å². The molecule has 17 heavy (non-hydrogen) atoms. The van der Waals surface area contributed by atoms with Crippen molar-refractivity contribution in [2.75, 3.05) is 0 Å². The fraction of sp³-hybridized carbons (Fsp3) is 0.385. The quantitative estimate of drug-likeness (QED) is 0.731. The van der Waals surface area contributed by atoms with Gasteiger partial charge in [0.15, 0.2) is 0 Å². The minimum absolute atomic E-state index is 0.192. The van der Waals surface area contributed by atoms with Crippen LogP contribution >= 0.6 is 0 Å². The first-order valence-corrected chi connectivity index (χ1v) is 5.74. The van der Waals surface area contributed by atoms with Crippen LogP contribution in [0.3, 0.4) is 0 Å². The van der Waals surface area contributed by atoms with Gasteiger partial charge in [-0.1, -0.05) is 13.0 Å². The molecule has 1 N–H and O–H groups in total. The van der Waals surface area contributed by atoms with Crippen LogP contribution in [0.4, 0.5) is 0 Å². The van der Waals surface area contributed by atoms with Gasteiger partial charge in [-0.2, -0.15) is 0 Å².